The van der Waals surface area contributed by atoms with E-state index in [0.717, 1.165) is 12.1 Å². The van der Waals surface area contributed by atoms with Gasteiger partial charge in [0.05, 0.1) is 23.3 Å². The van der Waals surface area contributed by atoms with Gasteiger partial charge in [-0.1, -0.05) is 6.07 Å². The zero-order valence-corrected chi connectivity index (χ0v) is 17.9. The third-order valence-electron chi connectivity index (χ3n) is 5.44. The molecule has 0 spiro atoms. The van der Waals surface area contributed by atoms with Gasteiger partial charge in [0.25, 0.3) is 0 Å². The molecule has 1 aliphatic heterocycles. The average Bonchev–Trinajstić information content (AvgIpc) is 3.23. The molecule has 12 heteroatoms. The van der Waals surface area contributed by atoms with Gasteiger partial charge in [0.15, 0.2) is 0 Å². The van der Waals surface area contributed by atoms with Gasteiger partial charge in [0.1, 0.15) is 24.8 Å². The van der Waals surface area contributed by atoms with Crippen molar-refractivity contribution in [2.75, 3.05) is 11.9 Å². The Morgan fingerprint density at radius 1 is 1.09 bits per heavy atom. The molecule has 2 aromatic carbocycles. The average molecular weight is 496 g/mol. The molecule has 1 aliphatic rings. The van der Waals surface area contributed by atoms with Gasteiger partial charge >= 0.3 is 12.4 Å². The maximum absolute atomic E-state index is 13.7. The van der Waals surface area contributed by atoms with Crippen molar-refractivity contribution in [1.82, 2.24) is 5.32 Å². The predicted molar refractivity (Wildman–Crippen MR) is 111 cm³/mol. The van der Waals surface area contributed by atoms with Crippen LogP contribution in [0, 0.1) is 22.7 Å². The van der Waals surface area contributed by atoms with Gasteiger partial charge in [0, 0.05) is 17.6 Å². The van der Waals surface area contributed by atoms with Crippen LogP contribution >= 0.6 is 0 Å². The van der Waals surface area contributed by atoms with Crippen molar-refractivity contribution in [3.05, 3.63) is 59.2 Å². The standard InChI is InChI=1S/C23H18F6N4O2/c24-22(25,26)19-9-13(1-2-14(19)11-31)18-10-16(33-21(18)23(27,28)29)12-35-17-5-3-15(4-6-17)32-20(34)7-8-30/h1-6,9,16,18,21,33H,7,10,12H2,(H,32,34)/t16-,18?,21+/m0/s1. The second kappa shape index (κ2) is 10.2. The second-order valence-electron chi connectivity index (χ2n) is 7.86. The predicted octanol–water partition coefficient (Wildman–Crippen LogP) is 4.88. The maximum atomic E-state index is 13.7. The number of halogens is 6. The molecule has 3 atom stereocenters. The van der Waals surface area contributed by atoms with E-state index < -0.39 is 47.4 Å². The number of nitrogens with zero attached hydrogens (tertiary/aromatic N) is 2. The molecule has 1 saturated heterocycles. The lowest BCUT2D eigenvalue weighted by molar-refractivity contribution is -0.156. The summed E-state index contributed by atoms with van der Waals surface area (Å²) in [5.41, 5.74) is -1.72. The molecule has 2 N–H and O–H groups in total. The number of amides is 1. The van der Waals surface area contributed by atoms with Crippen LogP contribution in [0.5, 0.6) is 5.75 Å². The molecule has 1 heterocycles. The molecule has 6 nitrogen and oxygen atoms in total. The largest absolute Gasteiger partial charge is 0.492 e. The highest BCUT2D eigenvalue weighted by Gasteiger charge is 2.51. The highest BCUT2D eigenvalue weighted by Crippen LogP contribution is 2.42. The number of ether oxygens (including phenoxy) is 1. The zero-order valence-electron chi connectivity index (χ0n) is 17.9. The van der Waals surface area contributed by atoms with Gasteiger partial charge in [-0.05, 0) is 48.4 Å². The van der Waals surface area contributed by atoms with Crippen molar-refractivity contribution in [2.45, 2.75) is 43.2 Å². The van der Waals surface area contributed by atoms with Gasteiger partial charge in [0.2, 0.25) is 5.91 Å². The first kappa shape index (κ1) is 25.8. The molecule has 3 rings (SSSR count). The first-order chi connectivity index (χ1) is 16.4. The van der Waals surface area contributed by atoms with E-state index in [1.54, 1.807) is 6.07 Å². The summed E-state index contributed by atoms with van der Waals surface area (Å²) in [7, 11) is 0. The number of nitrogens with one attached hydrogen (secondary N) is 2. The van der Waals surface area contributed by atoms with Crippen LogP contribution in [0.2, 0.25) is 0 Å². The number of hydrogen-bond acceptors (Lipinski definition) is 5. The van der Waals surface area contributed by atoms with E-state index in [0.29, 0.717) is 17.5 Å². The number of benzene rings is 2. The van der Waals surface area contributed by atoms with Crippen molar-refractivity contribution < 1.29 is 35.9 Å². The van der Waals surface area contributed by atoms with Crippen LogP contribution < -0.4 is 15.4 Å². The zero-order chi connectivity index (χ0) is 25.8. The summed E-state index contributed by atoms with van der Waals surface area (Å²) < 4.78 is 86.5. The molecule has 1 fully saturated rings. The van der Waals surface area contributed by atoms with E-state index >= 15 is 0 Å². The summed E-state index contributed by atoms with van der Waals surface area (Å²) in [6.07, 6.45) is -10.1. The Bertz CT molecular complexity index is 1150. The molecule has 0 aliphatic carbocycles. The van der Waals surface area contributed by atoms with Crippen LogP contribution in [-0.4, -0.2) is 30.8 Å². The molecule has 0 radical (unpaired) electrons. The maximum Gasteiger partial charge on any atom is 0.417 e. The topological polar surface area (TPSA) is 97.9 Å². The third-order valence-corrected chi connectivity index (χ3v) is 5.44. The minimum Gasteiger partial charge on any atom is -0.492 e. The van der Waals surface area contributed by atoms with Crippen molar-refractivity contribution in [2.24, 2.45) is 0 Å². The summed E-state index contributed by atoms with van der Waals surface area (Å²) in [6.45, 7) is -0.189. The molecule has 1 unspecified atom stereocenters. The van der Waals surface area contributed by atoms with E-state index in [4.69, 9.17) is 15.3 Å². The highest BCUT2D eigenvalue weighted by molar-refractivity contribution is 5.92. The SMILES string of the molecule is N#CCC(=O)Nc1ccc(OC[C@@H]2CC(c3ccc(C#N)c(C(F)(F)F)c3)[C@H](C(F)(F)F)N2)cc1. The van der Waals surface area contributed by atoms with Gasteiger partial charge in [-0.15, -0.1) is 0 Å². The number of hydrogen-bond donors (Lipinski definition) is 2. The summed E-state index contributed by atoms with van der Waals surface area (Å²) >= 11 is 0. The first-order valence-electron chi connectivity index (χ1n) is 10.3. The molecular formula is C23H18F6N4O2. The van der Waals surface area contributed by atoms with Crippen LogP contribution in [0.1, 0.15) is 35.4 Å². The van der Waals surface area contributed by atoms with Crippen LogP contribution in [-0.2, 0) is 11.0 Å². The molecule has 0 aromatic heterocycles. The van der Waals surface area contributed by atoms with E-state index in [1.165, 1.54) is 30.3 Å². The molecule has 1 amide bonds. The Labute approximate surface area is 196 Å². The number of alkyl halides is 6. The third kappa shape index (κ3) is 6.43. The summed E-state index contributed by atoms with van der Waals surface area (Å²) in [5.74, 6) is -1.51. The second-order valence-corrected chi connectivity index (χ2v) is 7.86. The van der Waals surface area contributed by atoms with Crippen molar-refractivity contribution in [3.63, 3.8) is 0 Å². The Kier molecular flexibility index (Phi) is 7.56. The van der Waals surface area contributed by atoms with Gasteiger partial charge < -0.3 is 10.1 Å². The smallest absolute Gasteiger partial charge is 0.417 e. The van der Waals surface area contributed by atoms with Gasteiger partial charge in [-0.2, -0.15) is 36.9 Å². The molecule has 0 saturated carbocycles. The molecular weight excluding hydrogens is 478 g/mol. The highest BCUT2D eigenvalue weighted by atomic mass is 19.4. The van der Waals surface area contributed by atoms with E-state index in [9.17, 15) is 31.1 Å². The van der Waals surface area contributed by atoms with Gasteiger partial charge in [-0.25, -0.2) is 0 Å². The number of carbonyl (C=O) groups excluding carboxylic acids is 1. The first-order valence-corrected chi connectivity index (χ1v) is 10.3. The van der Waals surface area contributed by atoms with Crippen molar-refractivity contribution in [1.29, 1.82) is 10.5 Å². The van der Waals surface area contributed by atoms with E-state index in [1.807, 2.05) is 0 Å². The van der Waals surface area contributed by atoms with Gasteiger partial charge in [-0.3, -0.25) is 10.1 Å². The van der Waals surface area contributed by atoms with Crippen LogP contribution in [0.3, 0.4) is 0 Å². The van der Waals surface area contributed by atoms with Crippen LogP contribution in [0.4, 0.5) is 32.0 Å². The quantitative estimate of drug-likeness (QED) is 0.556. The Hall–Kier alpha value is -3.77. The summed E-state index contributed by atoms with van der Waals surface area (Å²) in [5, 5.41) is 22.3. The molecule has 0 bridgehead atoms. The minimum atomic E-state index is -4.89. The number of rotatable bonds is 6. The summed E-state index contributed by atoms with van der Waals surface area (Å²) in [4.78, 5) is 11.4. The van der Waals surface area contributed by atoms with E-state index in [2.05, 4.69) is 10.6 Å². The molecule has 35 heavy (non-hydrogen) atoms. The van der Waals surface area contributed by atoms with Crippen molar-refractivity contribution >= 4 is 11.6 Å². The van der Waals surface area contributed by atoms with E-state index in [-0.39, 0.29) is 25.0 Å². The number of anilines is 1. The fraction of sp³-hybridized carbons (Fsp3) is 0.348. The van der Waals surface area contributed by atoms with Crippen LogP contribution in [0.15, 0.2) is 42.5 Å². The molecule has 184 valence electrons. The Morgan fingerprint density at radius 2 is 1.77 bits per heavy atom. The minimum absolute atomic E-state index is 0.143. The molecule has 2 aromatic rings. The number of carbonyl (C=O) groups is 1. The van der Waals surface area contributed by atoms with Crippen molar-refractivity contribution in [3.8, 4) is 17.9 Å². The lowest BCUT2D eigenvalue weighted by Gasteiger charge is -2.23. The Balaban J connectivity index is 1.73. The Morgan fingerprint density at radius 3 is 2.34 bits per heavy atom. The lowest BCUT2D eigenvalue weighted by atomic mass is 9.88. The lowest BCUT2D eigenvalue weighted by Crippen LogP contribution is -2.44. The monoisotopic (exact) mass is 496 g/mol. The fourth-order valence-corrected chi connectivity index (χ4v) is 3.88. The fourth-order valence-electron chi connectivity index (χ4n) is 3.88. The van der Waals surface area contributed by atoms with Crippen LogP contribution in [0.25, 0.3) is 0 Å². The normalized spacial score (nSPS) is 20.1. The summed E-state index contributed by atoms with van der Waals surface area (Å²) in [6, 6.07) is 8.74. The number of nitriles is 2.